The Labute approximate surface area is 267 Å². The number of fused-ring (bicyclic) bond motifs is 9. The van der Waals surface area contributed by atoms with E-state index in [0.29, 0.717) is 17.8 Å². The van der Waals surface area contributed by atoms with Gasteiger partial charge in [-0.25, -0.2) is 0 Å². The summed E-state index contributed by atoms with van der Waals surface area (Å²) in [7, 11) is 0. The Bertz CT molecular complexity index is 2290. The summed E-state index contributed by atoms with van der Waals surface area (Å²) in [6.07, 6.45) is 20.8. The van der Waals surface area contributed by atoms with E-state index in [9.17, 15) is 0 Å². The summed E-state index contributed by atoms with van der Waals surface area (Å²) >= 11 is 1.91. The molecular formula is C42H34N2S. The number of allylic oxidation sites excluding steroid dienone is 6. The zero-order valence-electron chi connectivity index (χ0n) is 25.1. The van der Waals surface area contributed by atoms with Gasteiger partial charge in [0.2, 0.25) is 0 Å². The van der Waals surface area contributed by atoms with Crippen LogP contribution in [0.1, 0.15) is 65.1 Å². The number of hydrogen-bond acceptors (Lipinski definition) is 2. The van der Waals surface area contributed by atoms with Crippen LogP contribution < -0.4 is 5.32 Å². The second-order valence-electron chi connectivity index (χ2n) is 13.2. The van der Waals surface area contributed by atoms with Crippen molar-refractivity contribution in [2.24, 2.45) is 5.92 Å². The number of hydrogen-bond donors (Lipinski definition) is 1. The van der Waals surface area contributed by atoms with E-state index in [1.165, 1.54) is 71.3 Å². The van der Waals surface area contributed by atoms with Crippen molar-refractivity contribution in [2.75, 3.05) is 5.32 Å². The highest BCUT2D eigenvalue weighted by atomic mass is 32.1. The molecule has 2 aromatic heterocycles. The quantitative estimate of drug-likeness (QED) is 0.214. The number of benzene rings is 4. The first-order chi connectivity index (χ1) is 22.3. The molecule has 4 unspecified atom stereocenters. The lowest BCUT2D eigenvalue weighted by molar-refractivity contribution is 0.838. The summed E-state index contributed by atoms with van der Waals surface area (Å²) in [6, 6.07) is 32.1. The van der Waals surface area contributed by atoms with Crippen LogP contribution >= 0.6 is 11.3 Å². The minimum Gasteiger partial charge on any atom is -0.364 e. The Morgan fingerprint density at radius 3 is 2.58 bits per heavy atom. The molecule has 45 heavy (non-hydrogen) atoms. The lowest BCUT2D eigenvalue weighted by Crippen LogP contribution is -2.19. The zero-order chi connectivity index (χ0) is 29.5. The largest absolute Gasteiger partial charge is 0.364 e. The molecule has 0 spiro atoms. The molecule has 3 heteroatoms. The fraction of sp³-hybridized carbons (Fsp3) is 0.190. The number of nitrogens with one attached hydrogen (secondary N) is 1. The third-order valence-electron chi connectivity index (χ3n) is 10.6. The van der Waals surface area contributed by atoms with E-state index in [0.717, 1.165) is 19.3 Å². The summed E-state index contributed by atoms with van der Waals surface area (Å²) in [4.78, 5) is 0. The fourth-order valence-corrected chi connectivity index (χ4v) is 9.43. The second-order valence-corrected chi connectivity index (χ2v) is 14.2. The first-order valence-corrected chi connectivity index (χ1v) is 17.3. The van der Waals surface area contributed by atoms with E-state index >= 15 is 0 Å². The molecule has 218 valence electrons. The van der Waals surface area contributed by atoms with E-state index in [4.69, 9.17) is 0 Å². The van der Waals surface area contributed by atoms with E-state index in [1.54, 1.807) is 5.56 Å². The van der Waals surface area contributed by atoms with Gasteiger partial charge in [-0.15, -0.1) is 11.3 Å². The van der Waals surface area contributed by atoms with Crippen molar-refractivity contribution < 1.29 is 0 Å². The molecule has 10 rings (SSSR count). The van der Waals surface area contributed by atoms with Gasteiger partial charge < -0.3 is 9.88 Å². The van der Waals surface area contributed by atoms with Crippen LogP contribution in [-0.4, -0.2) is 4.57 Å². The van der Waals surface area contributed by atoms with E-state index in [-0.39, 0.29) is 6.04 Å². The molecule has 1 N–H and O–H groups in total. The van der Waals surface area contributed by atoms with Crippen LogP contribution in [0.5, 0.6) is 0 Å². The molecule has 3 heterocycles. The van der Waals surface area contributed by atoms with Gasteiger partial charge >= 0.3 is 0 Å². The summed E-state index contributed by atoms with van der Waals surface area (Å²) in [5, 5.41) is 10.9. The van der Waals surface area contributed by atoms with Crippen molar-refractivity contribution >= 4 is 59.9 Å². The predicted octanol–water partition coefficient (Wildman–Crippen LogP) is 11.4. The number of nitrogens with zero attached hydrogens (tertiary/aromatic N) is 1. The van der Waals surface area contributed by atoms with E-state index < -0.39 is 0 Å². The standard InChI is InChI=1S/C42H34N2S/c1-2-10-26(11-3-1)27-14-8-15-31(22-27)41-37(18-9-17-33-32-16-6-7-19-39(32)45-42(33)43-41)44-36-21-20-30-24-34(30)40(36)35-23-28-12-4-5-13-29(28)25-38(35)44/h1-8,10,12-16,18-23,25-26,30,34,41,43H,9,11,17,24H2. The third-order valence-corrected chi connectivity index (χ3v) is 11.7. The second kappa shape index (κ2) is 9.95. The average molecular weight is 599 g/mol. The van der Waals surface area contributed by atoms with E-state index in [1.807, 2.05) is 11.3 Å². The molecule has 4 aliphatic rings. The van der Waals surface area contributed by atoms with Gasteiger partial charge in [-0.1, -0.05) is 103 Å². The third kappa shape index (κ3) is 4.07. The smallest absolute Gasteiger partial charge is 0.0935 e. The molecule has 1 fully saturated rings. The van der Waals surface area contributed by atoms with Gasteiger partial charge in [0.15, 0.2) is 0 Å². The van der Waals surface area contributed by atoms with Crippen molar-refractivity contribution in [3.8, 4) is 0 Å². The molecule has 6 aromatic rings. The molecular weight excluding hydrogens is 565 g/mol. The normalized spacial score (nSPS) is 23.2. The van der Waals surface area contributed by atoms with Gasteiger partial charge in [0, 0.05) is 27.4 Å². The van der Waals surface area contributed by atoms with Gasteiger partial charge in [0.05, 0.1) is 16.6 Å². The van der Waals surface area contributed by atoms with Crippen LogP contribution in [0.2, 0.25) is 0 Å². The van der Waals surface area contributed by atoms with Crippen molar-refractivity contribution in [2.45, 2.75) is 43.6 Å². The number of aryl methyl sites for hydroxylation is 1. The Kier molecular flexibility index (Phi) is 5.68. The van der Waals surface area contributed by atoms with E-state index in [2.05, 4.69) is 137 Å². The monoisotopic (exact) mass is 598 g/mol. The topological polar surface area (TPSA) is 17.0 Å². The molecule has 1 aliphatic heterocycles. The summed E-state index contributed by atoms with van der Waals surface area (Å²) in [5.41, 5.74) is 9.79. The molecule has 3 aliphatic carbocycles. The molecule has 0 amide bonds. The number of anilines is 1. The summed E-state index contributed by atoms with van der Waals surface area (Å²) in [5.74, 6) is 1.75. The molecule has 0 saturated heterocycles. The van der Waals surface area contributed by atoms with Gasteiger partial charge in [0.25, 0.3) is 0 Å². The summed E-state index contributed by atoms with van der Waals surface area (Å²) in [6.45, 7) is 0. The van der Waals surface area contributed by atoms with Gasteiger partial charge in [-0.2, -0.15) is 0 Å². The van der Waals surface area contributed by atoms with Crippen molar-refractivity contribution in [3.63, 3.8) is 0 Å². The first kappa shape index (κ1) is 25.7. The Balaban J connectivity index is 1.21. The molecule has 1 saturated carbocycles. The van der Waals surface area contributed by atoms with Crippen LogP contribution in [0, 0.1) is 5.92 Å². The first-order valence-electron chi connectivity index (χ1n) is 16.5. The van der Waals surface area contributed by atoms with Crippen molar-refractivity contribution in [1.29, 1.82) is 0 Å². The zero-order valence-corrected chi connectivity index (χ0v) is 25.9. The maximum absolute atomic E-state index is 4.18. The number of aromatic nitrogens is 1. The van der Waals surface area contributed by atoms with Gasteiger partial charge in [-0.3, -0.25) is 0 Å². The molecule has 0 bridgehead atoms. The highest BCUT2D eigenvalue weighted by Gasteiger charge is 2.43. The average Bonchev–Trinajstić information content (AvgIpc) is 3.71. The minimum atomic E-state index is 0.0108. The number of thiophene rings is 1. The van der Waals surface area contributed by atoms with Crippen LogP contribution in [0.15, 0.2) is 121 Å². The molecule has 2 nitrogen and oxygen atoms in total. The van der Waals surface area contributed by atoms with Gasteiger partial charge in [-0.05, 0) is 100 Å². The van der Waals surface area contributed by atoms with Crippen LogP contribution in [0.4, 0.5) is 5.00 Å². The maximum atomic E-state index is 4.18. The highest BCUT2D eigenvalue weighted by Crippen LogP contribution is 2.57. The van der Waals surface area contributed by atoms with Crippen LogP contribution in [-0.2, 0) is 6.42 Å². The van der Waals surface area contributed by atoms with Gasteiger partial charge in [0.1, 0.15) is 0 Å². The Morgan fingerprint density at radius 2 is 1.67 bits per heavy atom. The Morgan fingerprint density at radius 1 is 0.800 bits per heavy atom. The van der Waals surface area contributed by atoms with Crippen molar-refractivity contribution in [1.82, 2.24) is 4.57 Å². The molecule has 4 aromatic carbocycles. The molecule has 0 radical (unpaired) electrons. The molecule has 4 atom stereocenters. The SMILES string of the molecule is C1=CCC(c2cccc(C3Nc4sc5ccccc5c4CCC=C3n3c4c(c5cc6ccccc6cc53)C3CC3C=C4)c2)C=C1. The van der Waals surface area contributed by atoms with Crippen LogP contribution in [0.3, 0.4) is 0 Å². The highest BCUT2D eigenvalue weighted by molar-refractivity contribution is 7.23. The minimum absolute atomic E-state index is 0.0108. The predicted molar refractivity (Wildman–Crippen MR) is 192 cm³/mol. The fourth-order valence-electron chi connectivity index (χ4n) is 8.25. The lowest BCUT2D eigenvalue weighted by atomic mass is 9.89. The number of rotatable bonds is 3. The van der Waals surface area contributed by atoms with Crippen molar-refractivity contribution in [3.05, 3.63) is 149 Å². The lowest BCUT2D eigenvalue weighted by Gasteiger charge is -2.29. The summed E-state index contributed by atoms with van der Waals surface area (Å²) < 4.78 is 4.00. The van der Waals surface area contributed by atoms with Crippen LogP contribution in [0.25, 0.3) is 43.5 Å². The Hall–Kier alpha value is -4.60. The maximum Gasteiger partial charge on any atom is 0.0935 e.